The number of carboxylic acid groups (broad SMARTS) is 1. The van der Waals surface area contributed by atoms with Gasteiger partial charge >= 0.3 is 5.97 Å². The molecule has 1 aliphatic carbocycles. The standard InChI is InChI=1S/C12H11N3O3/c16-12(17)10-4-3-9(18-8-1-2-8)7-11(10)15-13-5-6-14-15/h3-8H,1-2H2,(H,16,17). The van der Waals surface area contributed by atoms with Crippen molar-refractivity contribution in [2.45, 2.75) is 18.9 Å². The van der Waals surface area contributed by atoms with E-state index in [-0.39, 0.29) is 11.7 Å². The number of carbonyl (C=O) groups is 1. The number of benzene rings is 1. The van der Waals surface area contributed by atoms with Crippen molar-refractivity contribution in [2.75, 3.05) is 0 Å². The highest BCUT2D eigenvalue weighted by Gasteiger charge is 2.24. The number of hydrogen-bond acceptors (Lipinski definition) is 4. The lowest BCUT2D eigenvalue weighted by Gasteiger charge is -2.09. The van der Waals surface area contributed by atoms with Gasteiger partial charge in [0.25, 0.3) is 0 Å². The molecule has 0 unspecified atom stereocenters. The second kappa shape index (κ2) is 4.14. The van der Waals surface area contributed by atoms with Gasteiger partial charge in [0, 0.05) is 6.07 Å². The van der Waals surface area contributed by atoms with Crippen LogP contribution >= 0.6 is 0 Å². The molecule has 3 rings (SSSR count). The highest BCUT2D eigenvalue weighted by molar-refractivity contribution is 5.92. The average Bonchev–Trinajstić information content (AvgIpc) is 3.00. The lowest BCUT2D eigenvalue weighted by molar-refractivity contribution is 0.0696. The summed E-state index contributed by atoms with van der Waals surface area (Å²) in [6, 6.07) is 4.83. The summed E-state index contributed by atoms with van der Waals surface area (Å²) in [7, 11) is 0. The molecule has 1 saturated carbocycles. The topological polar surface area (TPSA) is 77.2 Å². The van der Waals surface area contributed by atoms with Crippen LogP contribution in [0.4, 0.5) is 0 Å². The van der Waals surface area contributed by atoms with Crippen LogP contribution in [0.3, 0.4) is 0 Å². The SMILES string of the molecule is O=C(O)c1ccc(OC2CC2)cc1-n1nccn1. The summed E-state index contributed by atoms with van der Waals surface area (Å²) in [5.41, 5.74) is 0.556. The molecule has 0 saturated heterocycles. The molecule has 0 atom stereocenters. The van der Waals surface area contributed by atoms with Gasteiger partial charge in [0.2, 0.25) is 0 Å². The van der Waals surface area contributed by atoms with E-state index in [4.69, 9.17) is 9.84 Å². The Bertz CT molecular complexity index is 576. The molecule has 0 aliphatic heterocycles. The highest BCUT2D eigenvalue weighted by Crippen LogP contribution is 2.28. The Morgan fingerprint density at radius 3 is 2.67 bits per heavy atom. The van der Waals surface area contributed by atoms with E-state index in [0.29, 0.717) is 11.4 Å². The number of aromatic carboxylic acids is 1. The van der Waals surface area contributed by atoms with Crippen molar-refractivity contribution in [1.29, 1.82) is 0 Å². The van der Waals surface area contributed by atoms with Crippen LogP contribution in [-0.4, -0.2) is 32.2 Å². The van der Waals surface area contributed by atoms with Gasteiger partial charge < -0.3 is 9.84 Å². The Morgan fingerprint density at radius 1 is 1.33 bits per heavy atom. The summed E-state index contributed by atoms with van der Waals surface area (Å²) in [5.74, 6) is -0.366. The third kappa shape index (κ3) is 2.04. The number of hydrogen-bond donors (Lipinski definition) is 1. The van der Waals surface area contributed by atoms with Crippen molar-refractivity contribution in [3.05, 3.63) is 36.2 Å². The number of rotatable bonds is 4. The van der Waals surface area contributed by atoms with Crippen molar-refractivity contribution >= 4 is 5.97 Å². The van der Waals surface area contributed by atoms with E-state index in [1.54, 1.807) is 12.1 Å². The summed E-state index contributed by atoms with van der Waals surface area (Å²) >= 11 is 0. The minimum atomic E-state index is -1.01. The second-order valence-electron chi connectivity index (χ2n) is 4.12. The zero-order valence-corrected chi connectivity index (χ0v) is 9.48. The van der Waals surface area contributed by atoms with E-state index < -0.39 is 5.97 Å². The maximum atomic E-state index is 11.2. The van der Waals surface area contributed by atoms with E-state index in [1.165, 1.54) is 23.3 Å². The minimum absolute atomic E-state index is 0.148. The number of ether oxygens (including phenoxy) is 1. The minimum Gasteiger partial charge on any atom is -0.490 e. The molecule has 1 aliphatic rings. The molecule has 2 aromatic rings. The molecular weight excluding hydrogens is 234 g/mol. The molecular formula is C12H11N3O3. The zero-order chi connectivity index (χ0) is 12.5. The summed E-state index contributed by atoms with van der Waals surface area (Å²) in [5, 5.41) is 17.0. The van der Waals surface area contributed by atoms with Crippen molar-refractivity contribution in [2.24, 2.45) is 0 Å². The van der Waals surface area contributed by atoms with Gasteiger partial charge in [-0.1, -0.05) is 0 Å². The Balaban J connectivity index is 2.02. The van der Waals surface area contributed by atoms with Gasteiger partial charge in [0.05, 0.1) is 24.1 Å². The predicted molar refractivity (Wildman–Crippen MR) is 62.0 cm³/mol. The lowest BCUT2D eigenvalue weighted by atomic mass is 10.1. The van der Waals surface area contributed by atoms with Crippen molar-refractivity contribution in [1.82, 2.24) is 15.0 Å². The van der Waals surface area contributed by atoms with Crippen LogP contribution in [0.15, 0.2) is 30.6 Å². The van der Waals surface area contributed by atoms with Gasteiger partial charge in [-0.15, -0.1) is 0 Å². The van der Waals surface area contributed by atoms with Gasteiger partial charge in [0.15, 0.2) is 0 Å². The first-order chi connectivity index (χ1) is 8.74. The van der Waals surface area contributed by atoms with Crippen molar-refractivity contribution < 1.29 is 14.6 Å². The molecule has 1 aromatic carbocycles. The molecule has 1 heterocycles. The summed E-state index contributed by atoms with van der Waals surface area (Å²) in [6.07, 6.45) is 5.37. The van der Waals surface area contributed by atoms with E-state index in [0.717, 1.165) is 12.8 Å². The largest absolute Gasteiger partial charge is 0.490 e. The number of aromatic nitrogens is 3. The van der Waals surface area contributed by atoms with Crippen LogP contribution in [-0.2, 0) is 0 Å². The van der Waals surface area contributed by atoms with Gasteiger partial charge in [-0.25, -0.2) is 4.79 Å². The first kappa shape index (κ1) is 10.8. The molecule has 0 bridgehead atoms. The molecule has 0 radical (unpaired) electrons. The molecule has 1 fully saturated rings. The summed E-state index contributed by atoms with van der Waals surface area (Å²) < 4.78 is 5.64. The van der Waals surface area contributed by atoms with E-state index in [9.17, 15) is 4.79 Å². The predicted octanol–water partition coefficient (Wildman–Crippen LogP) is 1.51. The van der Waals surface area contributed by atoms with E-state index in [1.807, 2.05) is 0 Å². The van der Waals surface area contributed by atoms with Crippen LogP contribution in [0, 0.1) is 0 Å². The zero-order valence-electron chi connectivity index (χ0n) is 9.48. The van der Waals surface area contributed by atoms with Gasteiger partial charge in [0.1, 0.15) is 11.4 Å². The van der Waals surface area contributed by atoms with Crippen LogP contribution < -0.4 is 4.74 Å². The van der Waals surface area contributed by atoms with Crippen molar-refractivity contribution in [3.8, 4) is 11.4 Å². The first-order valence-electron chi connectivity index (χ1n) is 5.65. The van der Waals surface area contributed by atoms with Crippen LogP contribution in [0.1, 0.15) is 23.2 Å². The van der Waals surface area contributed by atoms with Gasteiger partial charge in [-0.05, 0) is 25.0 Å². The molecule has 18 heavy (non-hydrogen) atoms. The number of nitrogens with zero attached hydrogens (tertiary/aromatic N) is 3. The fourth-order valence-electron chi connectivity index (χ4n) is 1.65. The molecule has 92 valence electrons. The molecule has 0 amide bonds. The second-order valence-corrected chi connectivity index (χ2v) is 4.12. The smallest absolute Gasteiger partial charge is 0.337 e. The maximum absolute atomic E-state index is 11.2. The Kier molecular flexibility index (Phi) is 2.47. The fraction of sp³-hybridized carbons (Fsp3) is 0.250. The summed E-state index contributed by atoms with van der Waals surface area (Å²) in [6.45, 7) is 0. The normalized spacial score (nSPS) is 14.4. The highest BCUT2D eigenvalue weighted by atomic mass is 16.5. The average molecular weight is 245 g/mol. The van der Waals surface area contributed by atoms with Crippen LogP contribution in [0.25, 0.3) is 5.69 Å². The van der Waals surface area contributed by atoms with Crippen molar-refractivity contribution in [3.63, 3.8) is 0 Å². The Labute approximate surface area is 103 Å². The van der Waals surface area contributed by atoms with Crippen LogP contribution in [0.2, 0.25) is 0 Å². The first-order valence-corrected chi connectivity index (χ1v) is 5.65. The summed E-state index contributed by atoms with van der Waals surface area (Å²) in [4.78, 5) is 12.4. The Hall–Kier alpha value is -2.37. The van der Waals surface area contributed by atoms with Gasteiger partial charge in [-0.2, -0.15) is 15.0 Å². The third-order valence-corrected chi connectivity index (χ3v) is 2.66. The van der Waals surface area contributed by atoms with E-state index in [2.05, 4.69) is 10.2 Å². The molecule has 6 heteroatoms. The fourth-order valence-corrected chi connectivity index (χ4v) is 1.65. The van der Waals surface area contributed by atoms with Gasteiger partial charge in [-0.3, -0.25) is 0 Å². The third-order valence-electron chi connectivity index (χ3n) is 2.66. The molecule has 1 N–H and O–H groups in total. The van der Waals surface area contributed by atoms with E-state index >= 15 is 0 Å². The molecule has 0 spiro atoms. The quantitative estimate of drug-likeness (QED) is 0.883. The lowest BCUT2D eigenvalue weighted by Crippen LogP contribution is -2.08. The Morgan fingerprint density at radius 2 is 2.06 bits per heavy atom. The van der Waals surface area contributed by atoms with Crippen LogP contribution in [0.5, 0.6) is 5.75 Å². The molecule has 6 nitrogen and oxygen atoms in total. The number of carboxylic acids is 1. The monoisotopic (exact) mass is 245 g/mol. The maximum Gasteiger partial charge on any atom is 0.337 e. The molecule has 1 aromatic heterocycles.